The highest BCUT2D eigenvalue weighted by Gasteiger charge is 2.18. The van der Waals surface area contributed by atoms with Gasteiger partial charge < -0.3 is 20.9 Å². The molecule has 1 aliphatic heterocycles. The summed E-state index contributed by atoms with van der Waals surface area (Å²) in [6.07, 6.45) is 7.74. The number of carbonyl (C=O) groups excluding carboxylic acids is 2. The SMILES string of the molecule is CCNC(=NCC(=O)N1CCCC1)NCCNC(=O)CC1CCCC1. The number of hydrogen-bond donors (Lipinski definition) is 3. The van der Waals surface area contributed by atoms with Crippen LogP contribution >= 0.6 is 0 Å². The Balaban J connectivity index is 1.63. The molecule has 0 aromatic heterocycles. The minimum absolute atomic E-state index is 0.0829. The fraction of sp³-hybridized carbons (Fsp3) is 0.833. The van der Waals surface area contributed by atoms with Crippen LogP contribution in [0.1, 0.15) is 51.9 Å². The molecule has 7 heteroatoms. The summed E-state index contributed by atoms with van der Waals surface area (Å²) in [6, 6.07) is 0. The van der Waals surface area contributed by atoms with Crippen LogP contribution in [0.15, 0.2) is 4.99 Å². The van der Waals surface area contributed by atoms with Gasteiger partial charge >= 0.3 is 0 Å². The predicted molar refractivity (Wildman–Crippen MR) is 99.4 cm³/mol. The standard InChI is InChI=1S/C18H33N5O2/c1-2-19-18(22-14-17(25)23-11-5-6-12-23)21-10-9-20-16(24)13-15-7-3-4-8-15/h15H,2-14H2,1H3,(H,20,24)(H2,19,21,22). The lowest BCUT2D eigenvalue weighted by molar-refractivity contribution is -0.128. The predicted octanol–water partition coefficient (Wildman–Crippen LogP) is 0.860. The van der Waals surface area contributed by atoms with Crippen molar-refractivity contribution in [2.24, 2.45) is 10.9 Å². The first-order chi connectivity index (χ1) is 12.2. The number of aliphatic imine (C=N–C) groups is 1. The molecular formula is C18H33N5O2. The van der Waals surface area contributed by atoms with Crippen LogP contribution in [0.2, 0.25) is 0 Å². The molecule has 0 spiro atoms. The second kappa shape index (κ2) is 10.9. The van der Waals surface area contributed by atoms with Crippen LogP contribution in [0.5, 0.6) is 0 Å². The van der Waals surface area contributed by atoms with E-state index in [1.165, 1.54) is 25.7 Å². The molecule has 2 rings (SSSR count). The van der Waals surface area contributed by atoms with Crippen molar-refractivity contribution in [2.45, 2.75) is 51.9 Å². The van der Waals surface area contributed by atoms with E-state index in [-0.39, 0.29) is 18.4 Å². The average molecular weight is 351 g/mol. The summed E-state index contributed by atoms with van der Waals surface area (Å²) in [6.45, 7) is 5.76. The summed E-state index contributed by atoms with van der Waals surface area (Å²) in [5.41, 5.74) is 0. The van der Waals surface area contributed by atoms with E-state index in [2.05, 4.69) is 20.9 Å². The van der Waals surface area contributed by atoms with Crippen molar-refractivity contribution in [3.8, 4) is 0 Å². The Morgan fingerprint density at radius 1 is 1.00 bits per heavy atom. The molecule has 0 unspecified atom stereocenters. The third kappa shape index (κ3) is 7.32. The number of hydrogen-bond acceptors (Lipinski definition) is 3. The molecule has 1 aliphatic carbocycles. The van der Waals surface area contributed by atoms with E-state index in [1.54, 1.807) is 0 Å². The van der Waals surface area contributed by atoms with Crippen molar-refractivity contribution in [1.82, 2.24) is 20.9 Å². The fourth-order valence-electron chi connectivity index (χ4n) is 3.49. The summed E-state index contributed by atoms with van der Waals surface area (Å²) in [7, 11) is 0. The van der Waals surface area contributed by atoms with Gasteiger partial charge in [-0.15, -0.1) is 0 Å². The highest BCUT2D eigenvalue weighted by atomic mass is 16.2. The quantitative estimate of drug-likeness (QED) is 0.344. The van der Waals surface area contributed by atoms with Crippen molar-refractivity contribution in [3.05, 3.63) is 0 Å². The van der Waals surface area contributed by atoms with Gasteiger partial charge in [-0.3, -0.25) is 9.59 Å². The van der Waals surface area contributed by atoms with Crippen molar-refractivity contribution in [2.75, 3.05) is 39.3 Å². The van der Waals surface area contributed by atoms with Gasteiger partial charge in [0.2, 0.25) is 11.8 Å². The molecular weight excluding hydrogens is 318 g/mol. The van der Waals surface area contributed by atoms with E-state index >= 15 is 0 Å². The van der Waals surface area contributed by atoms with Crippen LogP contribution in [0.3, 0.4) is 0 Å². The van der Waals surface area contributed by atoms with Crippen LogP contribution in [0, 0.1) is 5.92 Å². The summed E-state index contributed by atoms with van der Waals surface area (Å²) in [5, 5.41) is 9.26. The molecule has 2 amide bonds. The maximum absolute atomic E-state index is 12.0. The van der Waals surface area contributed by atoms with E-state index in [4.69, 9.17) is 0 Å². The molecule has 2 fully saturated rings. The molecule has 0 bridgehead atoms. The third-order valence-electron chi connectivity index (χ3n) is 4.86. The summed E-state index contributed by atoms with van der Waals surface area (Å²) >= 11 is 0. The van der Waals surface area contributed by atoms with E-state index in [1.807, 2.05) is 11.8 Å². The van der Waals surface area contributed by atoms with Crippen LogP contribution < -0.4 is 16.0 Å². The highest BCUT2D eigenvalue weighted by molar-refractivity contribution is 5.85. The molecule has 0 radical (unpaired) electrons. The van der Waals surface area contributed by atoms with Crippen molar-refractivity contribution < 1.29 is 9.59 Å². The normalized spacial score (nSPS) is 18.4. The first-order valence-electron chi connectivity index (χ1n) is 9.75. The smallest absolute Gasteiger partial charge is 0.244 e. The molecule has 0 atom stereocenters. The number of carbonyl (C=O) groups is 2. The Bertz CT molecular complexity index is 454. The van der Waals surface area contributed by atoms with Crippen molar-refractivity contribution >= 4 is 17.8 Å². The first-order valence-corrected chi connectivity index (χ1v) is 9.75. The maximum Gasteiger partial charge on any atom is 0.244 e. The monoisotopic (exact) mass is 351 g/mol. The van der Waals surface area contributed by atoms with Gasteiger partial charge in [0.25, 0.3) is 0 Å². The molecule has 1 saturated carbocycles. The van der Waals surface area contributed by atoms with Gasteiger partial charge in [0.15, 0.2) is 5.96 Å². The van der Waals surface area contributed by atoms with Crippen molar-refractivity contribution in [3.63, 3.8) is 0 Å². The average Bonchev–Trinajstić information content (AvgIpc) is 3.29. The minimum Gasteiger partial charge on any atom is -0.357 e. The molecule has 7 nitrogen and oxygen atoms in total. The van der Waals surface area contributed by atoms with Crippen LogP contribution in [0.25, 0.3) is 0 Å². The van der Waals surface area contributed by atoms with Gasteiger partial charge in [0.1, 0.15) is 6.54 Å². The lowest BCUT2D eigenvalue weighted by atomic mass is 10.0. The molecule has 0 aromatic rings. The van der Waals surface area contributed by atoms with Gasteiger partial charge in [-0.05, 0) is 38.5 Å². The highest BCUT2D eigenvalue weighted by Crippen LogP contribution is 2.27. The second-order valence-electron chi connectivity index (χ2n) is 6.91. The third-order valence-corrected chi connectivity index (χ3v) is 4.86. The second-order valence-corrected chi connectivity index (χ2v) is 6.91. The summed E-state index contributed by atoms with van der Waals surface area (Å²) in [4.78, 5) is 30.2. The van der Waals surface area contributed by atoms with Crippen LogP contribution in [-0.2, 0) is 9.59 Å². The Labute approximate surface area is 151 Å². The number of amides is 2. The minimum atomic E-state index is 0.0829. The van der Waals surface area contributed by atoms with E-state index < -0.39 is 0 Å². The number of nitrogens with one attached hydrogen (secondary N) is 3. The summed E-state index contributed by atoms with van der Waals surface area (Å²) in [5.74, 6) is 1.42. The van der Waals surface area contributed by atoms with Gasteiger partial charge in [0.05, 0.1) is 0 Å². The topological polar surface area (TPSA) is 85.8 Å². The van der Waals surface area contributed by atoms with Gasteiger partial charge in [-0.25, -0.2) is 4.99 Å². The van der Waals surface area contributed by atoms with E-state index in [9.17, 15) is 9.59 Å². The zero-order valence-electron chi connectivity index (χ0n) is 15.5. The Kier molecular flexibility index (Phi) is 8.55. The Morgan fingerprint density at radius 3 is 2.36 bits per heavy atom. The molecule has 0 aromatic carbocycles. The largest absolute Gasteiger partial charge is 0.357 e. The number of guanidine groups is 1. The molecule has 25 heavy (non-hydrogen) atoms. The van der Waals surface area contributed by atoms with Gasteiger partial charge in [-0.1, -0.05) is 12.8 Å². The lowest BCUT2D eigenvalue weighted by Crippen LogP contribution is -2.42. The van der Waals surface area contributed by atoms with E-state index in [0.29, 0.717) is 31.4 Å². The van der Waals surface area contributed by atoms with Crippen LogP contribution in [-0.4, -0.2) is 61.9 Å². The molecule has 3 N–H and O–H groups in total. The molecule has 142 valence electrons. The molecule has 1 saturated heterocycles. The maximum atomic E-state index is 12.0. The number of nitrogens with zero attached hydrogens (tertiary/aromatic N) is 2. The van der Waals surface area contributed by atoms with E-state index in [0.717, 1.165) is 32.5 Å². The summed E-state index contributed by atoms with van der Waals surface area (Å²) < 4.78 is 0. The molecule has 1 heterocycles. The molecule has 2 aliphatic rings. The van der Waals surface area contributed by atoms with Gasteiger partial charge in [-0.2, -0.15) is 0 Å². The number of rotatable bonds is 8. The zero-order valence-corrected chi connectivity index (χ0v) is 15.5. The fourth-order valence-corrected chi connectivity index (χ4v) is 3.49. The Hall–Kier alpha value is -1.79. The zero-order chi connectivity index (χ0) is 17.9. The number of likely N-dealkylation sites (tertiary alicyclic amines) is 1. The lowest BCUT2D eigenvalue weighted by Gasteiger charge is -2.15. The first kappa shape index (κ1) is 19.5. The van der Waals surface area contributed by atoms with Crippen molar-refractivity contribution in [1.29, 1.82) is 0 Å². The van der Waals surface area contributed by atoms with Crippen LogP contribution in [0.4, 0.5) is 0 Å². The Morgan fingerprint density at radius 2 is 1.68 bits per heavy atom. The van der Waals surface area contributed by atoms with Gasteiger partial charge in [0, 0.05) is 39.1 Å².